The quantitative estimate of drug-likeness (QED) is 0.636. The first-order valence-corrected chi connectivity index (χ1v) is 8.16. The Bertz CT molecular complexity index is 372. The Labute approximate surface area is 118 Å². The zero-order valence-corrected chi connectivity index (χ0v) is 12.6. The van der Waals surface area contributed by atoms with Crippen molar-refractivity contribution in [3.05, 3.63) is 35.4 Å². The Hall–Kier alpha value is -0.820. The zero-order valence-electron chi connectivity index (χ0n) is 12.6. The van der Waals surface area contributed by atoms with Crippen LogP contribution in [0.3, 0.4) is 0 Å². The third-order valence-electron chi connectivity index (χ3n) is 4.37. The largest absolute Gasteiger partial charge is 0.314 e. The maximum Gasteiger partial charge on any atom is 0.00730 e. The number of rotatable bonds is 9. The van der Waals surface area contributed by atoms with Crippen molar-refractivity contribution >= 4 is 0 Å². The summed E-state index contributed by atoms with van der Waals surface area (Å²) in [7, 11) is 0. The van der Waals surface area contributed by atoms with Crippen molar-refractivity contribution in [2.45, 2.75) is 70.8 Å². The van der Waals surface area contributed by atoms with Gasteiger partial charge in [0.25, 0.3) is 0 Å². The molecule has 1 aliphatic carbocycles. The predicted octanol–water partition coefficient (Wildman–Crippen LogP) is 4.66. The molecule has 1 nitrogen and oxygen atoms in total. The Morgan fingerprint density at radius 1 is 1.16 bits per heavy atom. The molecule has 0 heterocycles. The molecule has 1 aromatic rings. The van der Waals surface area contributed by atoms with Crippen molar-refractivity contribution in [1.82, 2.24) is 5.32 Å². The second-order valence-electron chi connectivity index (χ2n) is 5.98. The van der Waals surface area contributed by atoms with Crippen LogP contribution in [0.25, 0.3) is 0 Å². The van der Waals surface area contributed by atoms with Gasteiger partial charge in [0.2, 0.25) is 0 Å². The van der Waals surface area contributed by atoms with E-state index in [4.69, 9.17) is 0 Å². The van der Waals surface area contributed by atoms with Crippen molar-refractivity contribution in [3.8, 4) is 0 Å². The minimum Gasteiger partial charge on any atom is -0.314 e. The fraction of sp³-hybridized carbons (Fsp3) is 0.667. The van der Waals surface area contributed by atoms with E-state index in [-0.39, 0.29) is 0 Å². The van der Waals surface area contributed by atoms with E-state index < -0.39 is 0 Å². The summed E-state index contributed by atoms with van der Waals surface area (Å²) in [4.78, 5) is 0. The van der Waals surface area contributed by atoms with E-state index in [1.54, 1.807) is 11.1 Å². The van der Waals surface area contributed by atoms with Gasteiger partial charge in [-0.3, -0.25) is 0 Å². The van der Waals surface area contributed by atoms with Crippen LogP contribution in [0.1, 0.15) is 69.4 Å². The molecule has 106 valence electrons. The SMILES string of the molecule is CCCCCC(CC1Cc2ccccc21)NCCC. The maximum absolute atomic E-state index is 3.76. The summed E-state index contributed by atoms with van der Waals surface area (Å²) in [6, 6.07) is 9.70. The van der Waals surface area contributed by atoms with Gasteiger partial charge in [0, 0.05) is 6.04 Å². The molecule has 2 atom stereocenters. The van der Waals surface area contributed by atoms with Gasteiger partial charge in [-0.1, -0.05) is 57.4 Å². The lowest BCUT2D eigenvalue weighted by molar-refractivity contribution is 0.387. The van der Waals surface area contributed by atoms with E-state index in [2.05, 4.69) is 43.4 Å². The number of nitrogens with one attached hydrogen (secondary N) is 1. The van der Waals surface area contributed by atoms with Crippen LogP contribution < -0.4 is 5.32 Å². The summed E-state index contributed by atoms with van der Waals surface area (Å²) in [6.45, 7) is 5.72. The molecule has 1 aliphatic rings. The molecule has 0 spiro atoms. The summed E-state index contributed by atoms with van der Waals surface area (Å²) in [5.41, 5.74) is 3.19. The number of benzene rings is 1. The number of hydrogen-bond donors (Lipinski definition) is 1. The van der Waals surface area contributed by atoms with Gasteiger partial charge in [-0.2, -0.15) is 0 Å². The van der Waals surface area contributed by atoms with Gasteiger partial charge in [-0.05, 0) is 49.3 Å². The summed E-state index contributed by atoms with van der Waals surface area (Å²) >= 11 is 0. The first-order valence-electron chi connectivity index (χ1n) is 8.16. The molecule has 1 heteroatoms. The highest BCUT2D eigenvalue weighted by Gasteiger charge is 2.27. The van der Waals surface area contributed by atoms with E-state index in [1.807, 2.05) is 0 Å². The molecule has 0 aromatic heterocycles. The molecule has 0 fully saturated rings. The molecule has 0 saturated heterocycles. The van der Waals surface area contributed by atoms with Crippen LogP contribution in [0.15, 0.2) is 24.3 Å². The maximum atomic E-state index is 3.76. The number of unbranched alkanes of at least 4 members (excludes halogenated alkanes) is 2. The fourth-order valence-corrected chi connectivity index (χ4v) is 3.21. The van der Waals surface area contributed by atoms with E-state index in [0.717, 1.165) is 12.0 Å². The van der Waals surface area contributed by atoms with Crippen molar-refractivity contribution in [2.24, 2.45) is 0 Å². The topological polar surface area (TPSA) is 12.0 Å². The van der Waals surface area contributed by atoms with E-state index in [9.17, 15) is 0 Å². The van der Waals surface area contributed by atoms with E-state index in [0.29, 0.717) is 0 Å². The third-order valence-corrected chi connectivity index (χ3v) is 4.37. The highest BCUT2D eigenvalue weighted by molar-refractivity contribution is 5.39. The van der Waals surface area contributed by atoms with Gasteiger partial charge in [0.15, 0.2) is 0 Å². The van der Waals surface area contributed by atoms with Gasteiger partial charge in [0.05, 0.1) is 0 Å². The first-order chi connectivity index (χ1) is 9.35. The second-order valence-corrected chi connectivity index (χ2v) is 5.98. The van der Waals surface area contributed by atoms with Crippen molar-refractivity contribution in [3.63, 3.8) is 0 Å². The van der Waals surface area contributed by atoms with Gasteiger partial charge in [-0.25, -0.2) is 0 Å². The van der Waals surface area contributed by atoms with Gasteiger partial charge >= 0.3 is 0 Å². The molecule has 2 unspecified atom stereocenters. The molecule has 0 radical (unpaired) electrons. The second kappa shape index (κ2) is 7.69. The van der Waals surface area contributed by atoms with Gasteiger partial charge in [-0.15, -0.1) is 0 Å². The first kappa shape index (κ1) is 14.6. The summed E-state index contributed by atoms with van der Waals surface area (Å²) in [5.74, 6) is 0.812. The van der Waals surface area contributed by atoms with E-state index in [1.165, 1.54) is 51.5 Å². The monoisotopic (exact) mass is 259 g/mol. The lowest BCUT2D eigenvalue weighted by Gasteiger charge is -2.33. The van der Waals surface area contributed by atoms with Crippen LogP contribution in [-0.4, -0.2) is 12.6 Å². The van der Waals surface area contributed by atoms with Crippen LogP contribution in [0.4, 0.5) is 0 Å². The van der Waals surface area contributed by atoms with Crippen LogP contribution in [0, 0.1) is 0 Å². The third kappa shape index (κ3) is 4.07. The standard InChI is InChI=1S/C18H29N/c1-3-5-6-10-17(19-12-4-2)14-16-13-15-9-7-8-11-18(15)16/h7-9,11,16-17,19H,3-6,10,12-14H2,1-2H3. The summed E-state index contributed by atoms with van der Waals surface area (Å²) in [6.07, 6.45) is 9.32. The number of fused-ring (bicyclic) bond motifs is 1. The highest BCUT2D eigenvalue weighted by Crippen LogP contribution is 2.38. The lowest BCUT2D eigenvalue weighted by Crippen LogP contribution is -2.33. The van der Waals surface area contributed by atoms with Crippen LogP contribution in [-0.2, 0) is 6.42 Å². The normalized spacial score (nSPS) is 18.7. The predicted molar refractivity (Wildman–Crippen MR) is 83.7 cm³/mol. The van der Waals surface area contributed by atoms with Crippen molar-refractivity contribution < 1.29 is 0 Å². The Kier molecular flexibility index (Phi) is 5.91. The smallest absolute Gasteiger partial charge is 0.00730 e. The minimum absolute atomic E-state index is 0.727. The molecule has 2 rings (SSSR count). The van der Waals surface area contributed by atoms with Crippen LogP contribution in [0.5, 0.6) is 0 Å². The molecule has 0 amide bonds. The average molecular weight is 259 g/mol. The Balaban J connectivity index is 1.82. The van der Waals surface area contributed by atoms with Crippen LogP contribution in [0.2, 0.25) is 0 Å². The zero-order chi connectivity index (χ0) is 13.5. The molecule has 1 aromatic carbocycles. The number of hydrogen-bond acceptors (Lipinski definition) is 1. The van der Waals surface area contributed by atoms with Crippen LogP contribution >= 0.6 is 0 Å². The molecule has 1 N–H and O–H groups in total. The summed E-state index contributed by atoms with van der Waals surface area (Å²) < 4.78 is 0. The summed E-state index contributed by atoms with van der Waals surface area (Å²) in [5, 5.41) is 3.76. The fourth-order valence-electron chi connectivity index (χ4n) is 3.21. The minimum atomic E-state index is 0.727. The van der Waals surface area contributed by atoms with Crippen molar-refractivity contribution in [1.29, 1.82) is 0 Å². The molecule has 0 saturated carbocycles. The van der Waals surface area contributed by atoms with E-state index >= 15 is 0 Å². The Morgan fingerprint density at radius 3 is 2.74 bits per heavy atom. The molecule has 19 heavy (non-hydrogen) atoms. The highest BCUT2D eigenvalue weighted by atomic mass is 14.9. The lowest BCUT2D eigenvalue weighted by atomic mass is 9.74. The Morgan fingerprint density at radius 2 is 2.00 bits per heavy atom. The molecular formula is C18H29N. The average Bonchev–Trinajstić information content (AvgIpc) is 2.41. The molecule has 0 aliphatic heterocycles. The van der Waals surface area contributed by atoms with Gasteiger partial charge < -0.3 is 5.32 Å². The van der Waals surface area contributed by atoms with Gasteiger partial charge in [0.1, 0.15) is 0 Å². The molecular weight excluding hydrogens is 230 g/mol. The molecule has 0 bridgehead atoms. The van der Waals surface area contributed by atoms with Crippen molar-refractivity contribution in [2.75, 3.05) is 6.54 Å².